The second kappa shape index (κ2) is 5.56. The van der Waals surface area contributed by atoms with Crippen LogP contribution in [-0.2, 0) is 0 Å². The van der Waals surface area contributed by atoms with Crippen molar-refractivity contribution in [3.8, 4) is 17.2 Å². The highest BCUT2D eigenvalue weighted by Crippen LogP contribution is 2.47. The molecule has 1 aromatic rings. The van der Waals surface area contributed by atoms with E-state index in [9.17, 15) is 13.2 Å². The summed E-state index contributed by atoms with van der Waals surface area (Å²) in [6, 6.07) is 2.64. The molecule has 0 spiro atoms. The number of halogens is 4. The zero-order valence-corrected chi connectivity index (χ0v) is 10.7. The molecule has 0 fully saturated rings. The number of benzene rings is 1. The molecule has 0 amide bonds. The van der Waals surface area contributed by atoms with Gasteiger partial charge in [-0.25, -0.2) is 0 Å². The molecule has 102 valence electrons. The molecule has 0 saturated heterocycles. The van der Waals surface area contributed by atoms with Gasteiger partial charge in [0.05, 0.1) is 26.9 Å². The van der Waals surface area contributed by atoms with E-state index in [2.05, 4.69) is 0 Å². The maximum absolute atomic E-state index is 12.7. The van der Waals surface area contributed by atoms with Gasteiger partial charge in [0.2, 0.25) is 0 Å². The predicted molar refractivity (Wildman–Crippen MR) is 60.7 cm³/mol. The minimum atomic E-state index is -4.60. The van der Waals surface area contributed by atoms with Crippen LogP contribution in [-0.4, -0.2) is 27.5 Å². The van der Waals surface area contributed by atoms with E-state index in [1.807, 2.05) is 0 Å². The summed E-state index contributed by atoms with van der Waals surface area (Å²) in [5.74, 6) is 0.241. The van der Waals surface area contributed by atoms with E-state index in [4.69, 9.17) is 25.8 Å². The first kappa shape index (κ1) is 14.8. The largest absolute Gasteiger partial charge is 0.496 e. The summed E-state index contributed by atoms with van der Waals surface area (Å²) in [5.41, 5.74) is -0.269. The molecule has 0 saturated carbocycles. The first-order valence-corrected chi connectivity index (χ1v) is 5.29. The summed E-state index contributed by atoms with van der Waals surface area (Å²) >= 11 is 5.42. The van der Waals surface area contributed by atoms with Crippen LogP contribution < -0.4 is 14.2 Å². The lowest BCUT2D eigenvalue weighted by molar-refractivity contribution is -0.132. The smallest absolute Gasteiger partial charge is 0.409 e. The van der Waals surface area contributed by atoms with Gasteiger partial charge in [0.15, 0.2) is 5.38 Å². The summed E-state index contributed by atoms with van der Waals surface area (Å²) in [6.07, 6.45) is -4.60. The second-order valence-electron chi connectivity index (χ2n) is 3.35. The van der Waals surface area contributed by atoms with Gasteiger partial charge in [-0.1, -0.05) is 0 Å². The number of ether oxygens (including phenoxy) is 3. The SMILES string of the molecule is COc1cc(OC)c(C(Cl)C(F)(F)F)c(OC)c1. The van der Waals surface area contributed by atoms with Crippen molar-refractivity contribution in [2.75, 3.05) is 21.3 Å². The van der Waals surface area contributed by atoms with Crippen LogP contribution in [0, 0.1) is 0 Å². The van der Waals surface area contributed by atoms with Crippen molar-refractivity contribution in [2.24, 2.45) is 0 Å². The highest BCUT2D eigenvalue weighted by Gasteiger charge is 2.43. The molecule has 0 radical (unpaired) electrons. The van der Waals surface area contributed by atoms with Gasteiger partial charge in [0.25, 0.3) is 0 Å². The highest BCUT2D eigenvalue weighted by molar-refractivity contribution is 6.21. The Morgan fingerprint density at radius 2 is 1.44 bits per heavy atom. The van der Waals surface area contributed by atoms with Gasteiger partial charge in [0, 0.05) is 12.1 Å². The highest BCUT2D eigenvalue weighted by atomic mass is 35.5. The first-order valence-electron chi connectivity index (χ1n) is 4.85. The van der Waals surface area contributed by atoms with E-state index in [-0.39, 0.29) is 17.1 Å². The Balaban J connectivity index is 3.40. The second-order valence-corrected chi connectivity index (χ2v) is 3.79. The average molecular weight is 285 g/mol. The number of hydrogen-bond donors (Lipinski definition) is 0. The Hall–Kier alpha value is -1.30. The van der Waals surface area contributed by atoms with Gasteiger partial charge < -0.3 is 14.2 Å². The molecule has 0 aliphatic rings. The monoisotopic (exact) mass is 284 g/mol. The third kappa shape index (κ3) is 2.93. The van der Waals surface area contributed by atoms with Gasteiger partial charge in [0.1, 0.15) is 17.2 Å². The van der Waals surface area contributed by atoms with Crippen molar-refractivity contribution in [3.63, 3.8) is 0 Å². The zero-order chi connectivity index (χ0) is 13.9. The van der Waals surface area contributed by atoms with Crippen molar-refractivity contribution in [1.29, 1.82) is 0 Å². The van der Waals surface area contributed by atoms with Crippen LogP contribution in [0.5, 0.6) is 17.2 Å². The van der Waals surface area contributed by atoms with Crippen LogP contribution in [0.15, 0.2) is 12.1 Å². The quantitative estimate of drug-likeness (QED) is 0.791. The number of rotatable bonds is 4. The Morgan fingerprint density at radius 3 is 1.72 bits per heavy atom. The van der Waals surface area contributed by atoms with Crippen LogP contribution >= 0.6 is 11.6 Å². The van der Waals surface area contributed by atoms with Gasteiger partial charge in [-0.05, 0) is 0 Å². The van der Waals surface area contributed by atoms with Crippen molar-refractivity contribution < 1.29 is 27.4 Å². The van der Waals surface area contributed by atoms with Crippen molar-refractivity contribution in [2.45, 2.75) is 11.6 Å². The maximum atomic E-state index is 12.7. The fourth-order valence-electron chi connectivity index (χ4n) is 1.45. The van der Waals surface area contributed by atoms with Gasteiger partial charge in [-0.2, -0.15) is 13.2 Å². The molecule has 18 heavy (non-hydrogen) atoms. The van der Waals surface area contributed by atoms with Crippen LogP contribution in [0.1, 0.15) is 10.9 Å². The molecular formula is C11H12ClF3O3. The summed E-state index contributed by atoms with van der Waals surface area (Å²) in [4.78, 5) is 0. The molecular weight excluding hydrogens is 273 g/mol. The Bertz CT molecular complexity index is 395. The van der Waals surface area contributed by atoms with E-state index in [0.29, 0.717) is 5.75 Å². The van der Waals surface area contributed by atoms with Crippen LogP contribution in [0.25, 0.3) is 0 Å². The molecule has 0 N–H and O–H groups in total. The molecule has 0 heterocycles. The fraction of sp³-hybridized carbons (Fsp3) is 0.455. The third-order valence-electron chi connectivity index (χ3n) is 2.29. The fourth-order valence-corrected chi connectivity index (χ4v) is 1.66. The van der Waals surface area contributed by atoms with Crippen LogP contribution in [0.4, 0.5) is 13.2 Å². The maximum Gasteiger partial charge on any atom is 0.409 e. The Labute approximate surface area is 107 Å². The minimum absolute atomic E-state index is 0.0384. The van der Waals surface area contributed by atoms with E-state index in [1.165, 1.54) is 33.5 Å². The standard InChI is InChI=1S/C11H12ClF3O3/c1-16-6-4-7(17-2)9(8(5-6)18-3)10(12)11(13,14)15/h4-5,10H,1-3H3. The Morgan fingerprint density at radius 1 is 1.00 bits per heavy atom. The molecule has 1 unspecified atom stereocenters. The van der Waals surface area contributed by atoms with E-state index in [0.717, 1.165) is 0 Å². The van der Waals surface area contributed by atoms with Crippen molar-refractivity contribution in [3.05, 3.63) is 17.7 Å². The van der Waals surface area contributed by atoms with Gasteiger partial charge in [-0.3, -0.25) is 0 Å². The summed E-state index contributed by atoms with van der Waals surface area (Å²) < 4.78 is 52.8. The predicted octanol–water partition coefficient (Wildman–Crippen LogP) is 3.55. The van der Waals surface area contributed by atoms with Gasteiger partial charge in [-0.15, -0.1) is 11.6 Å². The summed E-state index contributed by atoms with van der Waals surface area (Å²) in [7, 11) is 3.88. The van der Waals surface area contributed by atoms with E-state index in [1.54, 1.807) is 0 Å². The molecule has 1 aromatic carbocycles. The first-order chi connectivity index (χ1) is 8.35. The lowest BCUT2D eigenvalue weighted by Crippen LogP contribution is -2.17. The van der Waals surface area contributed by atoms with Gasteiger partial charge >= 0.3 is 6.18 Å². The molecule has 1 atom stereocenters. The molecule has 0 aliphatic carbocycles. The normalized spacial score (nSPS) is 13.1. The molecule has 1 rings (SSSR count). The number of methoxy groups -OCH3 is 3. The van der Waals surface area contributed by atoms with Crippen molar-refractivity contribution in [1.82, 2.24) is 0 Å². The minimum Gasteiger partial charge on any atom is -0.496 e. The molecule has 0 bridgehead atoms. The average Bonchev–Trinajstić information content (AvgIpc) is 2.34. The molecule has 7 heteroatoms. The molecule has 0 aliphatic heterocycles. The number of hydrogen-bond acceptors (Lipinski definition) is 3. The topological polar surface area (TPSA) is 27.7 Å². The van der Waals surface area contributed by atoms with Crippen LogP contribution in [0.3, 0.4) is 0 Å². The van der Waals surface area contributed by atoms with E-state index < -0.39 is 11.6 Å². The lowest BCUT2D eigenvalue weighted by atomic mass is 10.1. The number of alkyl halides is 4. The molecule has 0 aromatic heterocycles. The summed E-state index contributed by atoms with van der Waals surface area (Å²) in [6.45, 7) is 0. The Kier molecular flexibility index (Phi) is 4.56. The van der Waals surface area contributed by atoms with Crippen molar-refractivity contribution >= 4 is 11.6 Å². The van der Waals surface area contributed by atoms with Crippen LogP contribution in [0.2, 0.25) is 0 Å². The lowest BCUT2D eigenvalue weighted by Gasteiger charge is -2.20. The molecule has 3 nitrogen and oxygen atoms in total. The third-order valence-corrected chi connectivity index (χ3v) is 2.76. The summed E-state index contributed by atoms with van der Waals surface area (Å²) in [5, 5.41) is -2.21. The zero-order valence-electron chi connectivity index (χ0n) is 9.97. The van der Waals surface area contributed by atoms with E-state index >= 15 is 0 Å².